The summed E-state index contributed by atoms with van der Waals surface area (Å²) in [6, 6.07) is 20.0. The molecule has 41 heavy (non-hydrogen) atoms. The van der Waals surface area contributed by atoms with Gasteiger partial charge in [0, 0.05) is 32.0 Å². The van der Waals surface area contributed by atoms with E-state index in [1.165, 1.54) is 21.3 Å². The summed E-state index contributed by atoms with van der Waals surface area (Å²) in [6.45, 7) is 7.68. The number of carbonyl (C=O) groups excluding carboxylic acids is 2. The Balaban J connectivity index is 1.89. The van der Waals surface area contributed by atoms with E-state index in [2.05, 4.69) is 5.32 Å². The molecule has 0 aliphatic carbocycles. The number of rotatable bonds is 13. The number of nitrogens with one attached hydrogen (secondary N) is 1. The highest BCUT2D eigenvalue weighted by atomic mass is 32.2. The van der Waals surface area contributed by atoms with Crippen LogP contribution in [0.15, 0.2) is 72.8 Å². The van der Waals surface area contributed by atoms with Crippen LogP contribution in [0, 0.1) is 19.7 Å². The molecule has 0 bridgehead atoms. The zero-order valence-electron chi connectivity index (χ0n) is 24.4. The van der Waals surface area contributed by atoms with Gasteiger partial charge in [-0.2, -0.15) is 0 Å². The van der Waals surface area contributed by atoms with Gasteiger partial charge >= 0.3 is 0 Å². The average molecular weight is 582 g/mol. The molecular formula is C32H40FN3O4S. The highest BCUT2D eigenvalue weighted by molar-refractivity contribution is 7.92. The zero-order chi connectivity index (χ0) is 30.2. The van der Waals surface area contributed by atoms with Crippen LogP contribution in [0.1, 0.15) is 48.9 Å². The number of sulfonamides is 1. The molecule has 9 heteroatoms. The van der Waals surface area contributed by atoms with Crippen molar-refractivity contribution in [3.05, 3.63) is 101 Å². The van der Waals surface area contributed by atoms with Crippen LogP contribution in [0.4, 0.5) is 10.1 Å². The number of hydrogen-bond donors (Lipinski definition) is 1. The number of carbonyl (C=O) groups is 2. The molecule has 0 heterocycles. The third kappa shape index (κ3) is 9.42. The van der Waals surface area contributed by atoms with Crippen molar-refractivity contribution in [2.75, 3.05) is 17.1 Å². The lowest BCUT2D eigenvalue weighted by Crippen LogP contribution is -2.51. The quantitative estimate of drug-likeness (QED) is 0.302. The molecule has 7 nitrogen and oxygen atoms in total. The second-order valence-electron chi connectivity index (χ2n) is 10.7. The minimum Gasteiger partial charge on any atom is -0.352 e. The predicted molar refractivity (Wildman–Crippen MR) is 162 cm³/mol. The van der Waals surface area contributed by atoms with Crippen molar-refractivity contribution in [2.24, 2.45) is 0 Å². The van der Waals surface area contributed by atoms with Crippen molar-refractivity contribution < 1.29 is 22.4 Å². The summed E-state index contributed by atoms with van der Waals surface area (Å²) in [7, 11) is -3.60. The molecule has 0 radical (unpaired) electrons. The first-order valence-electron chi connectivity index (χ1n) is 13.8. The highest BCUT2D eigenvalue weighted by Crippen LogP contribution is 2.25. The summed E-state index contributed by atoms with van der Waals surface area (Å²) < 4.78 is 40.4. The second-order valence-corrected chi connectivity index (χ2v) is 12.7. The van der Waals surface area contributed by atoms with Crippen molar-refractivity contribution in [3.8, 4) is 0 Å². The Kier molecular flexibility index (Phi) is 11.1. The van der Waals surface area contributed by atoms with Gasteiger partial charge in [-0.3, -0.25) is 13.9 Å². The normalized spacial score (nSPS) is 12.2. The van der Waals surface area contributed by atoms with E-state index in [0.717, 1.165) is 22.9 Å². The lowest BCUT2D eigenvalue weighted by atomic mass is 10.0. The third-order valence-corrected chi connectivity index (χ3v) is 7.93. The number of anilines is 1. The topological polar surface area (TPSA) is 86.8 Å². The molecule has 1 N–H and O–H groups in total. The van der Waals surface area contributed by atoms with E-state index in [1.807, 2.05) is 76.2 Å². The minimum absolute atomic E-state index is 0.0261. The fourth-order valence-electron chi connectivity index (χ4n) is 4.69. The molecule has 0 aliphatic rings. The number of halogens is 1. The lowest BCUT2D eigenvalue weighted by Gasteiger charge is -2.32. The smallest absolute Gasteiger partial charge is 0.243 e. The van der Waals surface area contributed by atoms with E-state index in [1.54, 1.807) is 12.1 Å². The molecule has 0 aliphatic heterocycles. The number of aryl methyl sites for hydroxylation is 2. The van der Waals surface area contributed by atoms with Crippen LogP contribution < -0.4 is 9.62 Å². The Hall–Kier alpha value is -3.72. The molecule has 0 aromatic heterocycles. The van der Waals surface area contributed by atoms with Gasteiger partial charge in [0.25, 0.3) is 0 Å². The summed E-state index contributed by atoms with van der Waals surface area (Å²) in [6.07, 6.45) is 1.73. The van der Waals surface area contributed by atoms with Gasteiger partial charge in [0.2, 0.25) is 21.8 Å². The summed E-state index contributed by atoms with van der Waals surface area (Å²) in [5, 5.41) is 2.94. The first-order valence-corrected chi connectivity index (χ1v) is 15.6. The van der Waals surface area contributed by atoms with E-state index >= 15 is 0 Å². The first kappa shape index (κ1) is 31.8. The highest BCUT2D eigenvalue weighted by Gasteiger charge is 2.31. The van der Waals surface area contributed by atoms with Gasteiger partial charge in [0.1, 0.15) is 11.9 Å². The van der Waals surface area contributed by atoms with Crippen LogP contribution in [0.25, 0.3) is 0 Å². The van der Waals surface area contributed by atoms with Crippen LogP contribution in [0.3, 0.4) is 0 Å². The van der Waals surface area contributed by atoms with E-state index < -0.39 is 21.9 Å². The van der Waals surface area contributed by atoms with Crippen molar-refractivity contribution in [3.63, 3.8) is 0 Å². The summed E-state index contributed by atoms with van der Waals surface area (Å²) in [5.74, 6) is -0.964. The molecular weight excluding hydrogens is 541 g/mol. The van der Waals surface area contributed by atoms with Gasteiger partial charge in [-0.15, -0.1) is 0 Å². The number of benzene rings is 3. The Morgan fingerprint density at radius 1 is 0.927 bits per heavy atom. The fraction of sp³-hybridized carbons (Fsp3) is 0.375. The Morgan fingerprint density at radius 2 is 1.59 bits per heavy atom. The molecule has 1 atom stereocenters. The Labute approximate surface area is 243 Å². The zero-order valence-corrected chi connectivity index (χ0v) is 25.2. The van der Waals surface area contributed by atoms with Gasteiger partial charge in [-0.05, 0) is 74.6 Å². The van der Waals surface area contributed by atoms with Crippen LogP contribution >= 0.6 is 0 Å². The fourth-order valence-corrected chi connectivity index (χ4v) is 5.71. The van der Waals surface area contributed by atoms with Crippen LogP contribution in [-0.4, -0.2) is 50.0 Å². The molecule has 0 fully saturated rings. The number of amides is 2. The lowest BCUT2D eigenvalue weighted by molar-refractivity contribution is -0.141. The van der Waals surface area contributed by atoms with Gasteiger partial charge in [-0.25, -0.2) is 12.8 Å². The SMILES string of the molecule is Cc1ccc(C)c(N(CCCC(=O)N(Cc2ccc(F)cc2)C(Cc2ccccc2)C(=O)NC(C)C)S(C)(=O)=O)c1. The molecule has 3 aromatic rings. The number of hydrogen-bond acceptors (Lipinski definition) is 4. The molecule has 2 amide bonds. The molecule has 0 spiro atoms. The van der Waals surface area contributed by atoms with E-state index in [0.29, 0.717) is 17.7 Å². The van der Waals surface area contributed by atoms with Gasteiger partial charge in [0.05, 0.1) is 11.9 Å². The van der Waals surface area contributed by atoms with Crippen molar-refractivity contribution in [1.29, 1.82) is 0 Å². The predicted octanol–water partition coefficient (Wildman–Crippen LogP) is 5.15. The summed E-state index contributed by atoms with van der Waals surface area (Å²) in [5.41, 5.74) is 3.91. The molecule has 0 saturated carbocycles. The van der Waals surface area contributed by atoms with Gasteiger partial charge in [0.15, 0.2) is 0 Å². The number of nitrogens with zero attached hydrogens (tertiary/aromatic N) is 2. The van der Waals surface area contributed by atoms with Crippen LogP contribution in [-0.2, 0) is 32.6 Å². The van der Waals surface area contributed by atoms with Crippen LogP contribution in [0.5, 0.6) is 0 Å². The first-order chi connectivity index (χ1) is 19.3. The minimum atomic E-state index is -3.60. The van der Waals surface area contributed by atoms with Crippen molar-refractivity contribution in [1.82, 2.24) is 10.2 Å². The maximum absolute atomic E-state index is 13.8. The average Bonchev–Trinajstić information content (AvgIpc) is 2.90. The summed E-state index contributed by atoms with van der Waals surface area (Å²) in [4.78, 5) is 28.8. The van der Waals surface area contributed by atoms with Crippen molar-refractivity contribution >= 4 is 27.5 Å². The standard InChI is InChI=1S/C32H40FN3O4S/c1-23(2)34-32(38)30(21-26-10-7-6-8-11-26)35(22-27-15-17-28(33)18-16-27)31(37)12-9-19-36(41(5,39)40)29-20-24(3)13-14-25(29)4/h6-8,10-11,13-18,20,23,30H,9,12,19,21-22H2,1-5H3,(H,34,38). The Bertz CT molecular complexity index is 1430. The van der Waals surface area contributed by atoms with E-state index in [4.69, 9.17) is 0 Å². The molecule has 220 valence electrons. The third-order valence-electron chi connectivity index (χ3n) is 6.75. The largest absolute Gasteiger partial charge is 0.352 e. The maximum Gasteiger partial charge on any atom is 0.243 e. The van der Waals surface area contributed by atoms with Crippen LogP contribution in [0.2, 0.25) is 0 Å². The van der Waals surface area contributed by atoms with Gasteiger partial charge < -0.3 is 10.2 Å². The van der Waals surface area contributed by atoms with Gasteiger partial charge in [-0.1, -0.05) is 54.6 Å². The monoisotopic (exact) mass is 581 g/mol. The van der Waals surface area contributed by atoms with E-state index in [9.17, 15) is 22.4 Å². The Morgan fingerprint density at radius 3 is 2.20 bits per heavy atom. The molecule has 3 aromatic carbocycles. The van der Waals surface area contributed by atoms with Crippen molar-refractivity contribution in [2.45, 2.75) is 65.6 Å². The molecule has 3 rings (SSSR count). The summed E-state index contributed by atoms with van der Waals surface area (Å²) >= 11 is 0. The second kappa shape index (κ2) is 14.3. The maximum atomic E-state index is 13.8. The molecule has 0 saturated heterocycles. The molecule has 1 unspecified atom stereocenters. The van der Waals surface area contributed by atoms with E-state index in [-0.39, 0.29) is 43.8 Å².